The summed E-state index contributed by atoms with van der Waals surface area (Å²) in [5.41, 5.74) is 2.00. The van der Waals surface area contributed by atoms with Gasteiger partial charge < -0.3 is 10.2 Å². The molecule has 0 radical (unpaired) electrons. The van der Waals surface area contributed by atoms with E-state index in [2.05, 4.69) is 25.5 Å². The Hall–Kier alpha value is -2.44. The first-order valence-electron chi connectivity index (χ1n) is 10.5. The van der Waals surface area contributed by atoms with Crippen LogP contribution in [0.2, 0.25) is 0 Å². The topological polar surface area (TPSA) is 75.9 Å². The minimum absolute atomic E-state index is 0.0353. The monoisotopic (exact) mass is 382 g/mol. The first kappa shape index (κ1) is 18.9. The number of piperidine rings is 1. The van der Waals surface area contributed by atoms with Gasteiger partial charge in [-0.3, -0.25) is 4.79 Å². The zero-order valence-electron chi connectivity index (χ0n) is 16.9. The Labute approximate surface area is 166 Å². The molecule has 2 aromatic rings. The normalized spacial score (nSPS) is 20.9. The molecule has 1 atom stereocenters. The van der Waals surface area contributed by atoms with E-state index >= 15 is 0 Å². The molecule has 2 fully saturated rings. The van der Waals surface area contributed by atoms with E-state index in [9.17, 15) is 4.79 Å². The smallest absolute Gasteiger partial charge is 0.225 e. The number of aromatic nitrogens is 4. The molecule has 1 unspecified atom stereocenters. The maximum atomic E-state index is 12.7. The van der Waals surface area contributed by atoms with E-state index in [1.807, 2.05) is 36.7 Å². The van der Waals surface area contributed by atoms with Crippen LogP contribution in [-0.2, 0) is 4.79 Å². The molecule has 1 N–H and O–H groups in total. The number of nitrogens with zero attached hydrogens (tertiary/aromatic N) is 5. The standard InChI is InChI=1S/C21H30N6O/c1-15-13-16(2)27(25-15)20-11-10-19(23-24-20)26-12-6-7-17(14-26)21(28)22-18-8-4-3-5-9-18/h10-11,13,17-18H,3-9,12,14H2,1-2H3,(H,22,28). The number of amides is 1. The van der Waals surface area contributed by atoms with Gasteiger partial charge in [-0.1, -0.05) is 19.3 Å². The molecule has 28 heavy (non-hydrogen) atoms. The summed E-state index contributed by atoms with van der Waals surface area (Å²) >= 11 is 0. The number of hydrogen-bond acceptors (Lipinski definition) is 5. The summed E-state index contributed by atoms with van der Waals surface area (Å²) in [5.74, 6) is 1.80. The van der Waals surface area contributed by atoms with Gasteiger partial charge in [0.15, 0.2) is 11.6 Å². The highest BCUT2D eigenvalue weighted by atomic mass is 16.2. The molecule has 2 aliphatic rings. The van der Waals surface area contributed by atoms with Crippen LogP contribution in [0.25, 0.3) is 5.82 Å². The maximum Gasteiger partial charge on any atom is 0.225 e. The first-order chi connectivity index (χ1) is 13.6. The number of anilines is 1. The van der Waals surface area contributed by atoms with E-state index in [4.69, 9.17) is 0 Å². The van der Waals surface area contributed by atoms with Crippen molar-refractivity contribution in [2.24, 2.45) is 5.92 Å². The highest BCUT2D eigenvalue weighted by Crippen LogP contribution is 2.23. The van der Waals surface area contributed by atoms with Crippen LogP contribution >= 0.6 is 0 Å². The molecule has 1 aliphatic heterocycles. The molecule has 1 saturated heterocycles. The van der Waals surface area contributed by atoms with Crippen LogP contribution in [0, 0.1) is 19.8 Å². The fourth-order valence-corrected chi connectivity index (χ4v) is 4.43. The molecule has 0 aromatic carbocycles. The molecular weight excluding hydrogens is 352 g/mol. The summed E-state index contributed by atoms with van der Waals surface area (Å²) in [6, 6.07) is 6.33. The van der Waals surface area contributed by atoms with Crippen molar-refractivity contribution in [3.63, 3.8) is 0 Å². The lowest BCUT2D eigenvalue weighted by Crippen LogP contribution is -2.46. The van der Waals surface area contributed by atoms with Gasteiger partial charge >= 0.3 is 0 Å². The summed E-state index contributed by atoms with van der Waals surface area (Å²) in [7, 11) is 0. The second-order valence-corrected chi connectivity index (χ2v) is 8.22. The number of rotatable bonds is 4. The molecule has 1 saturated carbocycles. The molecule has 1 amide bonds. The molecule has 0 bridgehead atoms. The Balaban J connectivity index is 1.40. The number of aryl methyl sites for hydroxylation is 2. The van der Waals surface area contributed by atoms with E-state index in [0.717, 1.165) is 55.3 Å². The summed E-state index contributed by atoms with van der Waals surface area (Å²) in [4.78, 5) is 14.9. The number of carbonyl (C=O) groups is 1. The second-order valence-electron chi connectivity index (χ2n) is 8.22. The Morgan fingerprint density at radius 2 is 1.79 bits per heavy atom. The SMILES string of the molecule is Cc1cc(C)n(-c2ccc(N3CCCC(C(=O)NC4CCCCC4)C3)nn2)n1. The van der Waals surface area contributed by atoms with Crippen molar-refractivity contribution in [2.45, 2.75) is 64.8 Å². The highest BCUT2D eigenvalue weighted by molar-refractivity contribution is 5.79. The van der Waals surface area contributed by atoms with Gasteiger partial charge in [0.2, 0.25) is 5.91 Å². The highest BCUT2D eigenvalue weighted by Gasteiger charge is 2.28. The minimum Gasteiger partial charge on any atom is -0.354 e. The summed E-state index contributed by atoms with van der Waals surface area (Å²) in [5, 5.41) is 16.5. The fraction of sp³-hybridized carbons (Fsp3) is 0.619. The van der Waals surface area contributed by atoms with Crippen molar-refractivity contribution < 1.29 is 4.79 Å². The van der Waals surface area contributed by atoms with Gasteiger partial charge in [0.1, 0.15) is 0 Å². The van der Waals surface area contributed by atoms with Gasteiger partial charge in [-0.05, 0) is 57.7 Å². The van der Waals surface area contributed by atoms with Crippen molar-refractivity contribution in [2.75, 3.05) is 18.0 Å². The summed E-state index contributed by atoms with van der Waals surface area (Å²) in [6.07, 6.45) is 7.98. The molecule has 150 valence electrons. The zero-order chi connectivity index (χ0) is 19.5. The lowest BCUT2D eigenvalue weighted by Gasteiger charge is -2.34. The number of hydrogen-bond donors (Lipinski definition) is 1. The molecule has 4 rings (SSSR count). The van der Waals surface area contributed by atoms with E-state index < -0.39 is 0 Å². The van der Waals surface area contributed by atoms with Crippen LogP contribution < -0.4 is 10.2 Å². The lowest BCUT2D eigenvalue weighted by molar-refractivity contribution is -0.126. The quantitative estimate of drug-likeness (QED) is 0.880. The van der Waals surface area contributed by atoms with Crippen molar-refractivity contribution in [3.8, 4) is 5.82 Å². The lowest BCUT2D eigenvalue weighted by atomic mass is 9.93. The van der Waals surface area contributed by atoms with Gasteiger partial charge in [-0.15, -0.1) is 10.2 Å². The molecule has 1 aliphatic carbocycles. The van der Waals surface area contributed by atoms with Gasteiger partial charge in [0, 0.05) is 24.8 Å². The van der Waals surface area contributed by atoms with Gasteiger partial charge in [-0.25, -0.2) is 4.68 Å². The Kier molecular flexibility index (Phi) is 5.59. The Bertz CT molecular complexity index is 809. The molecule has 3 heterocycles. The van der Waals surface area contributed by atoms with Gasteiger partial charge in [-0.2, -0.15) is 5.10 Å². The molecule has 2 aromatic heterocycles. The average molecular weight is 383 g/mol. The van der Waals surface area contributed by atoms with Crippen molar-refractivity contribution in [1.82, 2.24) is 25.3 Å². The predicted molar refractivity (Wildman–Crippen MR) is 109 cm³/mol. The van der Waals surface area contributed by atoms with Crippen molar-refractivity contribution in [1.29, 1.82) is 0 Å². The molecule has 0 spiro atoms. The summed E-state index contributed by atoms with van der Waals surface area (Å²) in [6.45, 7) is 5.61. The minimum atomic E-state index is 0.0353. The van der Waals surface area contributed by atoms with Crippen LogP contribution in [0.3, 0.4) is 0 Å². The van der Waals surface area contributed by atoms with Crippen molar-refractivity contribution >= 4 is 11.7 Å². The van der Waals surface area contributed by atoms with E-state index in [0.29, 0.717) is 12.6 Å². The first-order valence-corrected chi connectivity index (χ1v) is 10.5. The van der Waals surface area contributed by atoms with Gasteiger partial charge in [0.05, 0.1) is 11.6 Å². The second kappa shape index (κ2) is 8.29. The maximum absolute atomic E-state index is 12.7. The van der Waals surface area contributed by atoms with Crippen LogP contribution in [0.1, 0.15) is 56.3 Å². The number of carbonyl (C=O) groups excluding carboxylic acids is 1. The third kappa shape index (κ3) is 4.18. The van der Waals surface area contributed by atoms with E-state index in [-0.39, 0.29) is 11.8 Å². The molecular formula is C21H30N6O. The van der Waals surface area contributed by atoms with E-state index in [1.165, 1.54) is 19.3 Å². The number of nitrogens with one attached hydrogen (secondary N) is 1. The predicted octanol–water partition coefficient (Wildman–Crippen LogP) is 2.94. The third-order valence-corrected chi connectivity index (χ3v) is 5.93. The average Bonchev–Trinajstić information content (AvgIpc) is 3.07. The fourth-order valence-electron chi connectivity index (χ4n) is 4.43. The third-order valence-electron chi connectivity index (χ3n) is 5.93. The summed E-state index contributed by atoms with van der Waals surface area (Å²) < 4.78 is 1.81. The van der Waals surface area contributed by atoms with Crippen molar-refractivity contribution in [3.05, 3.63) is 29.6 Å². The largest absolute Gasteiger partial charge is 0.354 e. The van der Waals surface area contributed by atoms with Gasteiger partial charge in [0.25, 0.3) is 0 Å². The Morgan fingerprint density at radius 3 is 2.46 bits per heavy atom. The van der Waals surface area contributed by atoms with Crippen LogP contribution in [0.15, 0.2) is 18.2 Å². The van der Waals surface area contributed by atoms with Crippen LogP contribution in [0.4, 0.5) is 5.82 Å². The van der Waals surface area contributed by atoms with Crippen LogP contribution in [0.5, 0.6) is 0 Å². The molecule has 7 heteroatoms. The van der Waals surface area contributed by atoms with E-state index in [1.54, 1.807) is 0 Å². The van der Waals surface area contributed by atoms with Crippen LogP contribution in [-0.4, -0.2) is 45.0 Å². The Morgan fingerprint density at radius 1 is 1.04 bits per heavy atom. The zero-order valence-corrected chi connectivity index (χ0v) is 16.9. The molecule has 7 nitrogen and oxygen atoms in total.